The van der Waals surface area contributed by atoms with Crippen LogP contribution in [0.4, 0.5) is 0 Å². The molecule has 0 atom stereocenters. The molecular formula is C14H18N4O2. The minimum atomic E-state index is 0.00960. The van der Waals surface area contributed by atoms with Crippen LogP contribution in [0.1, 0.15) is 36.0 Å². The first-order chi connectivity index (χ1) is 9.65. The molecule has 6 nitrogen and oxygen atoms in total. The Balaban J connectivity index is 1.77. The summed E-state index contributed by atoms with van der Waals surface area (Å²) in [6.45, 7) is 0. The van der Waals surface area contributed by atoms with Crippen molar-refractivity contribution >= 4 is 16.9 Å². The van der Waals surface area contributed by atoms with Gasteiger partial charge in [-0.25, -0.2) is 4.63 Å². The summed E-state index contributed by atoms with van der Waals surface area (Å²) in [5.41, 5.74) is 7.79. The Morgan fingerprint density at radius 3 is 2.70 bits per heavy atom. The fraction of sp³-hybridized carbons (Fsp3) is 0.500. The molecule has 1 aliphatic rings. The summed E-state index contributed by atoms with van der Waals surface area (Å²) in [5.74, 6) is 0.00960. The number of hydrogen-bond acceptors (Lipinski definition) is 5. The lowest BCUT2D eigenvalue weighted by atomic mass is 9.90. The Kier molecular flexibility index (Phi) is 3.40. The molecule has 1 aliphatic carbocycles. The summed E-state index contributed by atoms with van der Waals surface area (Å²) >= 11 is 0. The van der Waals surface area contributed by atoms with E-state index < -0.39 is 0 Å². The molecule has 0 radical (unpaired) electrons. The lowest BCUT2D eigenvalue weighted by Crippen LogP contribution is -2.41. The second kappa shape index (κ2) is 5.20. The number of nitrogens with zero attached hydrogens (tertiary/aromatic N) is 3. The maximum atomic E-state index is 12.5. The molecule has 1 heterocycles. The van der Waals surface area contributed by atoms with Crippen LogP contribution in [0, 0.1) is 0 Å². The molecule has 2 N–H and O–H groups in total. The summed E-state index contributed by atoms with van der Waals surface area (Å²) in [7, 11) is 1.86. The van der Waals surface area contributed by atoms with Crippen molar-refractivity contribution in [1.29, 1.82) is 0 Å². The van der Waals surface area contributed by atoms with Crippen LogP contribution in [-0.4, -0.2) is 40.3 Å². The molecule has 106 valence electrons. The topological polar surface area (TPSA) is 85.2 Å². The number of nitrogens with two attached hydrogens (primary N) is 1. The van der Waals surface area contributed by atoms with Crippen LogP contribution in [0.5, 0.6) is 0 Å². The van der Waals surface area contributed by atoms with Gasteiger partial charge < -0.3 is 10.6 Å². The van der Waals surface area contributed by atoms with Gasteiger partial charge in [-0.3, -0.25) is 4.79 Å². The number of aromatic nitrogens is 2. The highest BCUT2D eigenvalue weighted by Gasteiger charge is 2.25. The molecule has 0 aliphatic heterocycles. The van der Waals surface area contributed by atoms with Gasteiger partial charge in [-0.1, -0.05) is 0 Å². The highest BCUT2D eigenvalue weighted by Crippen LogP contribution is 2.23. The lowest BCUT2D eigenvalue weighted by molar-refractivity contribution is 0.0690. The molecule has 6 heteroatoms. The molecule has 1 fully saturated rings. The van der Waals surface area contributed by atoms with Gasteiger partial charge in [0.15, 0.2) is 0 Å². The fourth-order valence-corrected chi connectivity index (χ4v) is 2.77. The molecule has 2 aromatic rings. The predicted octanol–water partition coefficient (Wildman–Crippen LogP) is 1.56. The van der Waals surface area contributed by atoms with E-state index in [2.05, 4.69) is 14.9 Å². The highest BCUT2D eigenvalue weighted by atomic mass is 16.6. The normalized spacial score (nSPS) is 22.9. The Bertz CT molecular complexity index is 616. The number of carbonyl (C=O) groups is 1. The zero-order chi connectivity index (χ0) is 14.1. The van der Waals surface area contributed by atoms with Gasteiger partial charge in [0, 0.05) is 24.7 Å². The molecule has 1 saturated carbocycles. The molecule has 1 amide bonds. The van der Waals surface area contributed by atoms with Crippen LogP contribution < -0.4 is 5.73 Å². The standard InChI is InChI=1S/C14H18N4O2/c1-18(11-5-3-10(15)4-6-11)14(19)9-2-7-12-13(8-9)17-20-16-12/h2,7-8,10-11H,3-6,15H2,1H3. The van der Waals surface area contributed by atoms with Crippen molar-refractivity contribution in [2.45, 2.75) is 37.8 Å². The summed E-state index contributed by atoms with van der Waals surface area (Å²) < 4.78 is 4.65. The Morgan fingerprint density at radius 1 is 1.25 bits per heavy atom. The van der Waals surface area contributed by atoms with Crippen molar-refractivity contribution in [2.24, 2.45) is 5.73 Å². The first kappa shape index (κ1) is 13.1. The first-order valence-corrected chi connectivity index (χ1v) is 6.90. The van der Waals surface area contributed by atoms with Gasteiger partial charge in [-0.2, -0.15) is 0 Å². The van der Waals surface area contributed by atoms with E-state index in [0.717, 1.165) is 25.7 Å². The van der Waals surface area contributed by atoms with Crippen LogP contribution in [-0.2, 0) is 0 Å². The molecule has 20 heavy (non-hydrogen) atoms. The Morgan fingerprint density at radius 2 is 1.95 bits per heavy atom. The smallest absolute Gasteiger partial charge is 0.253 e. The third-order valence-corrected chi connectivity index (χ3v) is 4.11. The summed E-state index contributed by atoms with van der Waals surface area (Å²) in [6.07, 6.45) is 3.90. The molecule has 1 aromatic heterocycles. The molecular weight excluding hydrogens is 256 g/mol. The lowest BCUT2D eigenvalue weighted by Gasteiger charge is -2.33. The highest BCUT2D eigenvalue weighted by molar-refractivity contribution is 5.97. The quantitative estimate of drug-likeness (QED) is 0.898. The second-order valence-corrected chi connectivity index (χ2v) is 5.45. The van der Waals surface area contributed by atoms with E-state index in [0.29, 0.717) is 16.6 Å². The summed E-state index contributed by atoms with van der Waals surface area (Å²) in [5, 5.41) is 7.51. The van der Waals surface area contributed by atoms with Gasteiger partial charge in [0.05, 0.1) is 0 Å². The molecule has 0 bridgehead atoms. The van der Waals surface area contributed by atoms with E-state index >= 15 is 0 Å². The van der Waals surface area contributed by atoms with Crippen LogP contribution in [0.2, 0.25) is 0 Å². The average Bonchev–Trinajstić information content (AvgIpc) is 2.94. The minimum absolute atomic E-state index is 0.00960. The van der Waals surface area contributed by atoms with Crippen molar-refractivity contribution in [3.63, 3.8) is 0 Å². The van der Waals surface area contributed by atoms with E-state index in [4.69, 9.17) is 5.73 Å². The average molecular weight is 274 g/mol. The van der Waals surface area contributed by atoms with Gasteiger partial charge in [-0.15, -0.1) is 0 Å². The van der Waals surface area contributed by atoms with E-state index in [-0.39, 0.29) is 18.0 Å². The number of amides is 1. The Labute approximate surface area is 116 Å². The first-order valence-electron chi connectivity index (χ1n) is 6.90. The fourth-order valence-electron chi connectivity index (χ4n) is 2.77. The third kappa shape index (κ3) is 2.38. The van der Waals surface area contributed by atoms with Crippen LogP contribution in [0.3, 0.4) is 0 Å². The maximum absolute atomic E-state index is 12.5. The third-order valence-electron chi connectivity index (χ3n) is 4.11. The zero-order valence-corrected chi connectivity index (χ0v) is 11.5. The van der Waals surface area contributed by atoms with Crippen LogP contribution in [0.15, 0.2) is 22.8 Å². The number of rotatable bonds is 2. The molecule has 0 spiro atoms. The molecule has 1 aromatic carbocycles. The SMILES string of the molecule is CN(C(=O)c1ccc2nonc2c1)C1CCC(N)CC1. The van der Waals surface area contributed by atoms with Gasteiger partial charge in [0.2, 0.25) is 0 Å². The predicted molar refractivity (Wildman–Crippen MR) is 74.1 cm³/mol. The minimum Gasteiger partial charge on any atom is -0.339 e. The molecule has 3 rings (SSSR count). The largest absolute Gasteiger partial charge is 0.339 e. The van der Waals surface area contributed by atoms with E-state index in [1.165, 1.54) is 0 Å². The second-order valence-electron chi connectivity index (χ2n) is 5.45. The summed E-state index contributed by atoms with van der Waals surface area (Å²) in [4.78, 5) is 14.3. The monoisotopic (exact) mass is 274 g/mol. The van der Waals surface area contributed by atoms with Crippen molar-refractivity contribution in [3.05, 3.63) is 23.8 Å². The maximum Gasteiger partial charge on any atom is 0.253 e. The van der Waals surface area contributed by atoms with Crippen molar-refractivity contribution in [1.82, 2.24) is 15.2 Å². The Hall–Kier alpha value is -1.95. The van der Waals surface area contributed by atoms with Crippen molar-refractivity contribution < 1.29 is 9.42 Å². The van der Waals surface area contributed by atoms with Crippen molar-refractivity contribution in [3.8, 4) is 0 Å². The van der Waals surface area contributed by atoms with Gasteiger partial charge >= 0.3 is 0 Å². The number of fused-ring (bicyclic) bond motifs is 1. The number of benzene rings is 1. The van der Waals surface area contributed by atoms with Crippen molar-refractivity contribution in [2.75, 3.05) is 7.05 Å². The van der Waals surface area contributed by atoms with Gasteiger partial charge in [0.1, 0.15) is 11.0 Å². The molecule has 0 saturated heterocycles. The van der Waals surface area contributed by atoms with Gasteiger partial charge in [0.25, 0.3) is 5.91 Å². The van der Waals surface area contributed by atoms with E-state index in [1.807, 2.05) is 11.9 Å². The van der Waals surface area contributed by atoms with Gasteiger partial charge in [-0.05, 0) is 54.2 Å². The number of carbonyl (C=O) groups excluding carboxylic acids is 1. The zero-order valence-electron chi connectivity index (χ0n) is 11.5. The van der Waals surface area contributed by atoms with Crippen LogP contribution in [0.25, 0.3) is 11.0 Å². The number of hydrogen-bond donors (Lipinski definition) is 1. The molecule has 0 unspecified atom stereocenters. The summed E-state index contributed by atoms with van der Waals surface area (Å²) in [6, 6.07) is 5.80. The van der Waals surface area contributed by atoms with E-state index in [9.17, 15) is 4.79 Å². The van der Waals surface area contributed by atoms with E-state index in [1.54, 1.807) is 18.2 Å². The van der Waals surface area contributed by atoms with Crippen LogP contribution >= 0.6 is 0 Å².